The topological polar surface area (TPSA) is 52.6 Å². The summed E-state index contributed by atoms with van der Waals surface area (Å²) in [6.07, 6.45) is 1.65. The highest BCUT2D eigenvalue weighted by molar-refractivity contribution is 5.91. The predicted molar refractivity (Wildman–Crippen MR) is 83.0 cm³/mol. The fourth-order valence-corrected chi connectivity index (χ4v) is 2.97. The Kier molecular flexibility index (Phi) is 5.01. The van der Waals surface area contributed by atoms with E-state index in [1.165, 1.54) is 0 Å². The van der Waals surface area contributed by atoms with E-state index in [9.17, 15) is 9.59 Å². The second kappa shape index (κ2) is 6.77. The first-order valence-electron chi connectivity index (χ1n) is 7.62. The van der Waals surface area contributed by atoms with E-state index < -0.39 is 5.60 Å². The zero-order chi connectivity index (χ0) is 16.2. The molecule has 4 heteroatoms. The summed E-state index contributed by atoms with van der Waals surface area (Å²) >= 11 is 0. The van der Waals surface area contributed by atoms with Crippen molar-refractivity contribution in [3.63, 3.8) is 0 Å². The Morgan fingerprint density at radius 3 is 2.68 bits per heavy atom. The number of esters is 2. The maximum atomic E-state index is 12.0. The van der Waals surface area contributed by atoms with Gasteiger partial charge in [-0.05, 0) is 32.3 Å². The molecular weight excluding hydrogens is 280 g/mol. The molecule has 1 aromatic carbocycles. The highest BCUT2D eigenvalue weighted by atomic mass is 16.6. The van der Waals surface area contributed by atoms with Crippen LogP contribution in [-0.2, 0) is 24.7 Å². The van der Waals surface area contributed by atoms with Gasteiger partial charge in [0.15, 0.2) is 0 Å². The number of hydrogen-bond donors (Lipinski definition) is 0. The maximum Gasteiger partial charge on any atom is 0.334 e. The number of benzene rings is 1. The van der Waals surface area contributed by atoms with E-state index in [0.29, 0.717) is 31.4 Å². The first-order valence-corrected chi connectivity index (χ1v) is 7.62. The quantitative estimate of drug-likeness (QED) is 0.597. The average Bonchev–Trinajstić information content (AvgIpc) is 2.73. The van der Waals surface area contributed by atoms with Crippen molar-refractivity contribution in [1.29, 1.82) is 0 Å². The van der Waals surface area contributed by atoms with Crippen LogP contribution in [0.3, 0.4) is 0 Å². The summed E-state index contributed by atoms with van der Waals surface area (Å²) < 4.78 is 10.5. The van der Waals surface area contributed by atoms with Gasteiger partial charge in [-0.3, -0.25) is 4.79 Å². The van der Waals surface area contributed by atoms with Gasteiger partial charge in [0, 0.05) is 17.9 Å². The predicted octanol–water partition coefficient (Wildman–Crippen LogP) is 3.36. The number of carbonyl (C=O) groups is 2. The summed E-state index contributed by atoms with van der Waals surface area (Å²) in [5.41, 5.74) is 0.711. The Hall–Kier alpha value is -2.10. The highest BCUT2D eigenvalue weighted by Crippen LogP contribution is 2.46. The fourth-order valence-electron chi connectivity index (χ4n) is 2.97. The second-order valence-electron chi connectivity index (χ2n) is 5.64. The molecule has 0 bridgehead atoms. The lowest BCUT2D eigenvalue weighted by Crippen LogP contribution is -2.29. The van der Waals surface area contributed by atoms with Crippen molar-refractivity contribution in [2.24, 2.45) is 5.92 Å². The van der Waals surface area contributed by atoms with Crippen molar-refractivity contribution in [3.05, 3.63) is 48.0 Å². The summed E-state index contributed by atoms with van der Waals surface area (Å²) in [5, 5.41) is 0. The molecule has 0 N–H and O–H groups in total. The Labute approximate surface area is 131 Å². The van der Waals surface area contributed by atoms with E-state index >= 15 is 0 Å². The van der Waals surface area contributed by atoms with Gasteiger partial charge >= 0.3 is 11.9 Å². The van der Waals surface area contributed by atoms with Crippen LogP contribution in [-0.4, -0.2) is 18.5 Å². The Morgan fingerprint density at radius 1 is 1.36 bits per heavy atom. The number of ether oxygens (including phenoxy) is 2. The molecule has 1 heterocycles. The molecule has 1 aromatic rings. The second-order valence-corrected chi connectivity index (χ2v) is 5.64. The summed E-state index contributed by atoms with van der Waals surface area (Å²) in [7, 11) is 0. The van der Waals surface area contributed by atoms with Crippen molar-refractivity contribution in [2.75, 3.05) is 6.61 Å². The smallest absolute Gasteiger partial charge is 0.334 e. The summed E-state index contributed by atoms with van der Waals surface area (Å²) in [6, 6.07) is 9.67. The third-order valence-corrected chi connectivity index (χ3v) is 4.18. The van der Waals surface area contributed by atoms with Crippen LogP contribution in [0.25, 0.3) is 0 Å². The van der Waals surface area contributed by atoms with Crippen LogP contribution in [0.5, 0.6) is 0 Å². The number of hydrogen-bond acceptors (Lipinski definition) is 4. The van der Waals surface area contributed by atoms with Crippen LogP contribution in [0, 0.1) is 5.92 Å². The zero-order valence-corrected chi connectivity index (χ0v) is 13.1. The minimum Gasteiger partial charge on any atom is -0.466 e. The molecule has 2 rings (SSSR count). The molecule has 0 aromatic heterocycles. The monoisotopic (exact) mass is 302 g/mol. The van der Waals surface area contributed by atoms with Gasteiger partial charge in [-0.2, -0.15) is 0 Å². The van der Waals surface area contributed by atoms with Crippen LogP contribution >= 0.6 is 0 Å². The minimum absolute atomic E-state index is 0.128. The van der Waals surface area contributed by atoms with E-state index in [2.05, 4.69) is 6.58 Å². The zero-order valence-electron chi connectivity index (χ0n) is 13.1. The molecule has 0 saturated carbocycles. The standard InChI is InChI=1S/C18H22O4/c1-4-21-16(19)12-8-11-15-13(2)17(20)22-18(15,3)14-9-6-5-7-10-14/h5-7,9-10,15H,2,4,8,11-12H2,1,3H3/t15-,18-/m1/s1. The summed E-state index contributed by atoms with van der Waals surface area (Å²) in [5.74, 6) is -0.691. The molecule has 0 amide bonds. The highest BCUT2D eigenvalue weighted by Gasteiger charge is 2.48. The van der Waals surface area contributed by atoms with Crippen molar-refractivity contribution in [2.45, 2.75) is 38.7 Å². The molecule has 1 aliphatic heterocycles. The number of carbonyl (C=O) groups excluding carboxylic acids is 2. The number of cyclic esters (lactones) is 1. The maximum absolute atomic E-state index is 12.0. The van der Waals surface area contributed by atoms with Crippen LogP contribution < -0.4 is 0 Å². The molecule has 1 aliphatic rings. The Bertz CT molecular complexity index is 564. The molecule has 0 unspecified atom stereocenters. The molecule has 0 spiro atoms. The van der Waals surface area contributed by atoms with E-state index in [0.717, 1.165) is 5.56 Å². The summed E-state index contributed by atoms with van der Waals surface area (Å²) in [4.78, 5) is 23.4. The average molecular weight is 302 g/mol. The van der Waals surface area contributed by atoms with Gasteiger partial charge in [-0.1, -0.05) is 36.9 Å². The summed E-state index contributed by atoms with van der Waals surface area (Å²) in [6.45, 7) is 7.97. The van der Waals surface area contributed by atoms with Crippen LogP contribution in [0.4, 0.5) is 0 Å². The third kappa shape index (κ3) is 3.21. The molecule has 0 aliphatic carbocycles. The molecule has 0 radical (unpaired) electrons. The molecule has 1 fully saturated rings. The van der Waals surface area contributed by atoms with Gasteiger partial charge in [0.25, 0.3) is 0 Å². The number of rotatable bonds is 6. The van der Waals surface area contributed by atoms with E-state index in [1.54, 1.807) is 6.92 Å². The van der Waals surface area contributed by atoms with Crippen molar-refractivity contribution in [3.8, 4) is 0 Å². The van der Waals surface area contributed by atoms with Crippen LogP contribution in [0.1, 0.15) is 38.7 Å². The molecular formula is C18H22O4. The molecule has 22 heavy (non-hydrogen) atoms. The van der Waals surface area contributed by atoms with Gasteiger partial charge in [0.05, 0.1) is 6.61 Å². The lowest BCUT2D eigenvalue weighted by atomic mass is 9.78. The Balaban J connectivity index is 2.10. The lowest BCUT2D eigenvalue weighted by molar-refractivity contribution is -0.148. The third-order valence-electron chi connectivity index (χ3n) is 4.18. The van der Waals surface area contributed by atoms with E-state index in [-0.39, 0.29) is 17.9 Å². The fraction of sp³-hybridized carbons (Fsp3) is 0.444. The largest absolute Gasteiger partial charge is 0.466 e. The Morgan fingerprint density at radius 2 is 2.05 bits per heavy atom. The van der Waals surface area contributed by atoms with Gasteiger partial charge in [0.2, 0.25) is 0 Å². The van der Waals surface area contributed by atoms with Crippen molar-refractivity contribution >= 4 is 11.9 Å². The van der Waals surface area contributed by atoms with Gasteiger partial charge < -0.3 is 9.47 Å². The normalized spacial score (nSPS) is 24.2. The van der Waals surface area contributed by atoms with E-state index in [1.807, 2.05) is 37.3 Å². The molecule has 118 valence electrons. The van der Waals surface area contributed by atoms with Crippen LogP contribution in [0.15, 0.2) is 42.5 Å². The van der Waals surface area contributed by atoms with Gasteiger partial charge in [-0.25, -0.2) is 4.79 Å². The first kappa shape index (κ1) is 16.3. The van der Waals surface area contributed by atoms with Crippen molar-refractivity contribution < 1.29 is 19.1 Å². The van der Waals surface area contributed by atoms with Gasteiger partial charge in [0.1, 0.15) is 5.60 Å². The van der Waals surface area contributed by atoms with Gasteiger partial charge in [-0.15, -0.1) is 0 Å². The lowest BCUT2D eigenvalue weighted by Gasteiger charge is -2.30. The minimum atomic E-state index is -0.718. The molecule has 1 saturated heterocycles. The SMILES string of the molecule is C=C1C(=O)O[C@](C)(c2ccccc2)[C@@H]1CCCC(=O)OCC. The van der Waals surface area contributed by atoms with Crippen LogP contribution in [0.2, 0.25) is 0 Å². The molecule has 2 atom stereocenters. The molecule has 4 nitrogen and oxygen atoms in total. The van der Waals surface area contributed by atoms with E-state index in [4.69, 9.17) is 9.47 Å². The first-order chi connectivity index (χ1) is 10.5. The van der Waals surface area contributed by atoms with Crippen molar-refractivity contribution in [1.82, 2.24) is 0 Å².